The van der Waals surface area contributed by atoms with Crippen LogP contribution in [0.25, 0.3) is 10.9 Å². The van der Waals surface area contributed by atoms with Crippen molar-refractivity contribution in [2.75, 3.05) is 23.8 Å². The van der Waals surface area contributed by atoms with Crippen LogP contribution in [0.15, 0.2) is 61.1 Å². The number of nitrogens with zero attached hydrogens (tertiary/aromatic N) is 4. The number of nitrogens with two attached hydrogens (primary N) is 1. The van der Waals surface area contributed by atoms with Crippen LogP contribution in [0, 0.1) is 5.82 Å². The average molecular weight is 403 g/mol. The molecule has 0 fully saturated rings. The number of carbonyl (C=O) groups is 1. The van der Waals surface area contributed by atoms with Gasteiger partial charge in [-0.25, -0.2) is 14.4 Å². The molecule has 3 heterocycles. The van der Waals surface area contributed by atoms with Gasteiger partial charge in [-0.1, -0.05) is 12.1 Å². The van der Waals surface area contributed by atoms with Crippen molar-refractivity contribution in [3.8, 4) is 5.88 Å². The van der Waals surface area contributed by atoms with Crippen LogP contribution in [-0.2, 0) is 6.54 Å². The summed E-state index contributed by atoms with van der Waals surface area (Å²) in [7, 11) is 0. The van der Waals surface area contributed by atoms with Crippen LogP contribution >= 0.6 is 0 Å². The summed E-state index contributed by atoms with van der Waals surface area (Å²) in [5.41, 5.74) is 8.86. The predicted molar refractivity (Wildman–Crippen MR) is 111 cm³/mol. The summed E-state index contributed by atoms with van der Waals surface area (Å²) < 4.78 is 20.8. The molecule has 0 aliphatic carbocycles. The fourth-order valence-electron chi connectivity index (χ4n) is 3.69. The monoisotopic (exact) mass is 403 g/mol. The third-order valence-electron chi connectivity index (χ3n) is 5.19. The standard InChI is InChI=1S/C22H18FN5O2/c23-16-3-1-14(2-4-16)12-27-8-7-15-11-17(5-6-18(15)27)28-9-10-30-21-19(22(28)29)20(24)25-13-26-21/h1-8,11,13H,9-10,12H2,(H2,24,25,26). The molecule has 0 radical (unpaired) electrons. The number of benzene rings is 2. The van der Waals surface area contributed by atoms with Crippen LogP contribution in [0.2, 0.25) is 0 Å². The predicted octanol–water partition coefficient (Wildman–Crippen LogP) is 3.24. The SMILES string of the molecule is Nc1ncnc2c1C(=O)N(c1ccc3c(ccn3Cc3ccc(F)cc3)c1)CCO2. The van der Waals surface area contributed by atoms with Gasteiger partial charge in [0.1, 0.15) is 30.1 Å². The first kappa shape index (κ1) is 18.1. The molecule has 2 N–H and O–H groups in total. The quantitative estimate of drug-likeness (QED) is 0.568. The van der Waals surface area contributed by atoms with E-state index in [-0.39, 0.29) is 29.0 Å². The van der Waals surface area contributed by atoms with Crippen molar-refractivity contribution < 1.29 is 13.9 Å². The van der Waals surface area contributed by atoms with Gasteiger partial charge in [0.25, 0.3) is 5.91 Å². The zero-order chi connectivity index (χ0) is 20.7. The largest absolute Gasteiger partial charge is 0.475 e. The Kier molecular flexibility index (Phi) is 4.31. The van der Waals surface area contributed by atoms with Gasteiger partial charge in [0.2, 0.25) is 5.88 Å². The molecule has 0 spiro atoms. The molecule has 1 aliphatic rings. The molecule has 150 valence electrons. The molecular formula is C22H18FN5O2. The maximum atomic E-state index is 13.2. The Bertz CT molecular complexity index is 1250. The van der Waals surface area contributed by atoms with Gasteiger partial charge in [-0.3, -0.25) is 4.79 Å². The first-order valence-electron chi connectivity index (χ1n) is 9.48. The number of ether oxygens (including phenoxy) is 1. The van der Waals surface area contributed by atoms with E-state index in [9.17, 15) is 9.18 Å². The molecule has 8 heteroatoms. The van der Waals surface area contributed by atoms with Crippen molar-refractivity contribution in [2.45, 2.75) is 6.54 Å². The third-order valence-corrected chi connectivity index (χ3v) is 5.19. The normalized spacial score (nSPS) is 13.8. The fraction of sp³-hybridized carbons (Fsp3) is 0.136. The van der Waals surface area contributed by atoms with Gasteiger partial charge in [-0.15, -0.1) is 0 Å². The molecule has 0 unspecified atom stereocenters. The molecule has 7 nitrogen and oxygen atoms in total. The second-order valence-corrected chi connectivity index (χ2v) is 7.06. The Labute approximate surface area is 171 Å². The number of hydrogen-bond donors (Lipinski definition) is 1. The molecule has 2 aromatic heterocycles. The number of nitrogen functional groups attached to an aromatic ring is 1. The number of hydrogen-bond acceptors (Lipinski definition) is 5. The molecule has 2 aromatic carbocycles. The molecule has 30 heavy (non-hydrogen) atoms. The van der Waals surface area contributed by atoms with Crippen LogP contribution in [0.4, 0.5) is 15.9 Å². The van der Waals surface area contributed by atoms with Crippen LogP contribution in [0.5, 0.6) is 5.88 Å². The average Bonchev–Trinajstić information content (AvgIpc) is 3.05. The number of anilines is 2. The summed E-state index contributed by atoms with van der Waals surface area (Å²) in [6, 6.07) is 14.3. The lowest BCUT2D eigenvalue weighted by Gasteiger charge is -2.20. The Morgan fingerprint density at radius 3 is 2.77 bits per heavy atom. The van der Waals surface area contributed by atoms with E-state index in [0.717, 1.165) is 22.2 Å². The highest BCUT2D eigenvalue weighted by Crippen LogP contribution is 2.30. The highest BCUT2D eigenvalue weighted by Gasteiger charge is 2.28. The van der Waals surface area contributed by atoms with Gasteiger partial charge in [0.05, 0.1) is 6.54 Å². The Balaban J connectivity index is 1.47. The first-order valence-corrected chi connectivity index (χ1v) is 9.48. The molecule has 5 rings (SSSR count). The number of aromatic nitrogens is 3. The topological polar surface area (TPSA) is 86.3 Å². The van der Waals surface area contributed by atoms with Crippen LogP contribution in [0.1, 0.15) is 15.9 Å². The van der Waals surface area contributed by atoms with E-state index in [1.807, 2.05) is 30.5 Å². The number of halogens is 1. The molecule has 0 saturated heterocycles. The number of fused-ring (bicyclic) bond motifs is 2. The summed E-state index contributed by atoms with van der Waals surface area (Å²) in [6.07, 6.45) is 3.26. The van der Waals surface area contributed by atoms with Gasteiger partial charge >= 0.3 is 0 Å². The molecule has 1 amide bonds. The third kappa shape index (κ3) is 3.12. The van der Waals surface area contributed by atoms with Gasteiger partial charge in [-0.05, 0) is 42.0 Å². The fourth-order valence-corrected chi connectivity index (χ4v) is 3.69. The lowest BCUT2D eigenvalue weighted by Crippen LogP contribution is -2.32. The summed E-state index contributed by atoms with van der Waals surface area (Å²) in [5, 5.41) is 0.991. The maximum absolute atomic E-state index is 13.2. The minimum atomic E-state index is -0.286. The zero-order valence-electron chi connectivity index (χ0n) is 16.0. The van der Waals surface area contributed by atoms with Crippen molar-refractivity contribution in [1.82, 2.24) is 14.5 Å². The number of amides is 1. The molecule has 0 atom stereocenters. The van der Waals surface area contributed by atoms with Crippen molar-refractivity contribution >= 4 is 28.3 Å². The molecule has 4 aromatic rings. The summed E-state index contributed by atoms with van der Waals surface area (Å²) in [4.78, 5) is 22.7. The second-order valence-electron chi connectivity index (χ2n) is 7.06. The Morgan fingerprint density at radius 1 is 1.10 bits per heavy atom. The van der Waals surface area contributed by atoms with E-state index in [0.29, 0.717) is 19.7 Å². The van der Waals surface area contributed by atoms with Crippen LogP contribution in [-0.4, -0.2) is 33.6 Å². The zero-order valence-corrected chi connectivity index (χ0v) is 16.0. The van der Waals surface area contributed by atoms with Crippen LogP contribution in [0.3, 0.4) is 0 Å². The Morgan fingerprint density at radius 2 is 1.93 bits per heavy atom. The van der Waals surface area contributed by atoms with Crippen molar-refractivity contribution in [1.29, 1.82) is 0 Å². The lowest BCUT2D eigenvalue weighted by atomic mass is 10.2. The summed E-state index contributed by atoms with van der Waals surface area (Å²) in [6.45, 7) is 1.30. The lowest BCUT2D eigenvalue weighted by molar-refractivity contribution is 0.0990. The second kappa shape index (κ2) is 7.14. The first-order chi connectivity index (χ1) is 14.6. The van der Waals surface area contributed by atoms with Crippen molar-refractivity contribution in [3.05, 3.63) is 78.0 Å². The van der Waals surface area contributed by atoms with Crippen LogP contribution < -0.4 is 15.4 Å². The Hall–Kier alpha value is -3.94. The van der Waals surface area contributed by atoms with Gasteiger partial charge < -0.3 is 19.9 Å². The molecule has 1 aliphatic heterocycles. The number of rotatable bonds is 3. The van der Waals surface area contributed by atoms with E-state index < -0.39 is 0 Å². The smallest absolute Gasteiger partial charge is 0.267 e. The molecular weight excluding hydrogens is 385 g/mol. The van der Waals surface area contributed by atoms with E-state index in [4.69, 9.17) is 10.5 Å². The van der Waals surface area contributed by atoms with E-state index in [1.54, 1.807) is 17.0 Å². The highest BCUT2D eigenvalue weighted by atomic mass is 19.1. The van der Waals surface area contributed by atoms with Gasteiger partial charge in [0.15, 0.2) is 0 Å². The summed E-state index contributed by atoms with van der Waals surface area (Å²) in [5.74, 6) is -0.227. The highest BCUT2D eigenvalue weighted by molar-refractivity contribution is 6.11. The van der Waals surface area contributed by atoms with E-state index >= 15 is 0 Å². The van der Waals surface area contributed by atoms with E-state index in [1.165, 1.54) is 18.5 Å². The van der Waals surface area contributed by atoms with Gasteiger partial charge in [-0.2, -0.15) is 0 Å². The van der Waals surface area contributed by atoms with Gasteiger partial charge in [0, 0.05) is 29.3 Å². The summed E-state index contributed by atoms with van der Waals surface area (Å²) >= 11 is 0. The maximum Gasteiger partial charge on any atom is 0.267 e. The van der Waals surface area contributed by atoms with Crippen molar-refractivity contribution in [3.63, 3.8) is 0 Å². The minimum Gasteiger partial charge on any atom is -0.475 e. The van der Waals surface area contributed by atoms with E-state index in [2.05, 4.69) is 14.5 Å². The molecule has 0 saturated carbocycles. The minimum absolute atomic E-state index is 0.100. The molecule has 0 bridgehead atoms. The van der Waals surface area contributed by atoms with Crippen molar-refractivity contribution in [2.24, 2.45) is 0 Å². The number of carbonyl (C=O) groups excluding carboxylic acids is 1.